The Morgan fingerprint density at radius 2 is 0.816 bits per heavy atom. The van der Waals surface area contributed by atoms with Crippen LogP contribution in [0.15, 0.2) is 168 Å². The molecule has 4 nitrogen and oxygen atoms in total. The van der Waals surface area contributed by atoms with Crippen LogP contribution in [-0.2, 0) is 0 Å². The van der Waals surface area contributed by atoms with E-state index in [2.05, 4.69) is 91.0 Å². The van der Waals surface area contributed by atoms with Crippen molar-refractivity contribution in [1.82, 2.24) is 15.0 Å². The summed E-state index contributed by atoms with van der Waals surface area (Å²) >= 11 is 0. The lowest BCUT2D eigenvalue weighted by Crippen LogP contribution is -2.00. The summed E-state index contributed by atoms with van der Waals surface area (Å²) < 4.78 is 6.13. The summed E-state index contributed by atoms with van der Waals surface area (Å²) in [6.45, 7) is 0. The van der Waals surface area contributed by atoms with Crippen LogP contribution in [0.5, 0.6) is 0 Å². The lowest BCUT2D eigenvalue weighted by Gasteiger charge is -2.15. The van der Waals surface area contributed by atoms with E-state index in [1.165, 1.54) is 21.5 Å². The van der Waals surface area contributed by atoms with Crippen LogP contribution in [0, 0.1) is 0 Å². The molecule has 0 amide bonds. The summed E-state index contributed by atoms with van der Waals surface area (Å²) in [4.78, 5) is 15.2. The smallest absolute Gasteiger partial charge is 0.164 e. The molecule has 49 heavy (non-hydrogen) atoms. The highest BCUT2D eigenvalue weighted by Gasteiger charge is 2.18. The maximum absolute atomic E-state index is 6.13. The maximum atomic E-state index is 6.13. The number of benzene rings is 8. The van der Waals surface area contributed by atoms with E-state index >= 15 is 0 Å². The van der Waals surface area contributed by atoms with Gasteiger partial charge in [0.2, 0.25) is 0 Å². The van der Waals surface area contributed by atoms with Crippen molar-refractivity contribution < 1.29 is 4.42 Å². The minimum absolute atomic E-state index is 0.649. The van der Waals surface area contributed by atoms with E-state index in [4.69, 9.17) is 19.4 Å². The standard InChI is InChI=1S/C45H27N3O/c1-3-12-28(13-4-1)43-46-44(29-14-5-2-6-15-29)48-45(47-43)37-20-11-19-35-32-16-7-8-17-33(32)38-26-30(22-24-36(38)42(35)37)31-23-25-41-39(27-31)34-18-9-10-21-40(34)49-41/h1-27H. The van der Waals surface area contributed by atoms with Crippen molar-refractivity contribution in [1.29, 1.82) is 0 Å². The second kappa shape index (κ2) is 11.0. The first kappa shape index (κ1) is 27.5. The largest absolute Gasteiger partial charge is 0.456 e. The molecule has 0 aliphatic carbocycles. The molecule has 2 aromatic heterocycles. The van der Waals surface area contributed by atoms with Gasteiger partial charge >= 0.3 is 0 Å². The second-order valence-corrected chi connectivity index (χ2v) is 12.4. The molecule has 10 aromatic rings. The normalized spacial score (nSPS) is 11.7. The Bertz CT molecular complexity index is 2820. The Labute approximate surface area is 282 Å². The summed E-state index contributed by atoms with van der Waals surface area (Å²) in [5.41, 5.74) is 6.98. The summed E-state index contributed by atoms with van der Waals surface area (Å²) in [6, 6.07) is 57.0. The quantitative estimate of drug-likeness (QED) is 0.183. The van der Waals surface area contributed by atoms with Crippen LogP contribution in [0.2, 0.25) is 0 Å². The fraction of sp³-hybridized carbons (Fsp3) is 0. The summed E-state index contributed by atoms with van der Waals surface area (Å²) in [5.74, 6) is 1.95. The van der Waals surface area contributed by atoms with Gasteiger partial charge in [0.15, 0.2) is 17.5 Å². The Balaban J connectivity index is 1.24. The van der Waals surface area contributed by atoms with E-state index < -0.39 is 0 Å². The number of nitrogens with zero attached hydrogens (tertiary/aromatic N) is 3. The molecule has 0 aliphatic rings. The third kappa shape index (κ3) is 4.49. The maximum Gasteiger partial charge on any atom is 0.164 e. The first-order valence-corrected chi connectivity index (χ1v) is 16.4. The molecule has 0 bridgehead atoms. The van der Waals surface area contributed by atoms with E-state index in [0.29, 0.717) is 17.5 Å². The number of rotatable bonds is 4. The van der Waals surface area contributed by atoms with Gasteiger partial charge in [-0.25, -0.2) is 15.0 Å². The van der Waals surface area contributed by atoms with Crippen molar-refractivity contribution in [2.24, 2.45) is 0 Å². The fourth-order valence-corrected chi connectivity index (χ4v) is 7.21. The highest BCUT2D eigenvalue weighted by molar-refractivity contribution is 6.28. The summed E-state index contributed by atoms with van der Waals surface area (Å²) in [7, 11) is 0. The number of para-hydroxylation sites is 1. The molecule has 0 fully saturated rings. The molecule has 228 valence electrons. The number of furan rings is 1. The average molecular weight is 626 g/mol. The zero-order valence-electron chi connectivity index (χ0n) is 26.3. The van der Waals surface area contributed by atoms with Crippen LogP contribution in [-0.4, -0.2) is 15.0 Å². The van der Waals surface area contributed by atoms with Gasteiger partial charge < -0.3 is 4.42 Å². The van der Waals surface area contributed by atoms with Crippen LogP contribution < -0.4 is 0 Å². The van der Waals surface area contributed by atoms with Gasteiger partial charge in [0, 0.05) is 32.8 Å². The van der Waals surface area contributed by atoms with Gasteiger partial charge in [0.05, 0.1) is 0 Å². The van der Waals surface area contributed by atoms with Crippen LogP contribution in [0.4, 0.5) is 0 Å². The SMILES string of the molecule is c1ccc(-c2nc(-c3ccccc3)nc(-c3cccc4c5ccccc5c5cc(-c6ccc7oc8ccccc8c7c6)ccc5c34)n2)cc1. The number of aromatic nitrogens is 3. The minimum Gasteiger partial charge on any atom is -0.456 e. The highest BCUT2D eigenvalue weighted by atomic mass is 16.3. The molecule has 8 aromatic carbocycles. The van der Waals surface area contributed by atoms with Crippen molar-refractivity contribution in [2.75, 3.05) is 0 Å². The number of fused-ring (bicyclic) bond motifs is 9. The van der Waals surface area contributed by atoms with Crippen LogP contribution >= 0.6 is 0 Å². The third-order valence-electron chi connectivity index (χ3n) is 9.51. The molecule has 4 heteroatoms. The Kier molecular flexibility index (Phi) is 6.15. The van der Waals surface area contributed by atoms with Crippen LogP contribution in [0.3, 0.4) is 0 Å². The molecule has 10 rings (SSSR count). The van der Waals surface area contributed by atoms with E-state index in [-0.39, 0.29) is 0 Å². The molecule has 0 atom stereocenters. The number of hydrogen-bond donors (Lipinski definition) is 0. The summed E-state index contributed by atoms with van der Waals surface area (Å²) in [5, 5.41) is 9.30. The van der Waals surface area contributed by atoms with Crippen LogP contribution in [0.25, 0.3) is 99.5 Å². The molecule has 0 saturated carbocycles. The van der Waals surface area contributed by atoms with Crippen molar-refractivity contribution >= 4 is 54.3 Å². The summed E-state index contributed by atoms with van der Waals surface area (Å²) in [6.07, 6.45) is 0. The monoisotopic (exact) mass is 625 g/mol. The zero-order chi connectivity index (χ0) is 32.3. The van der Waals surface area contributed by atoms with Gasteiger partial charge in [-0.05, 0) is 62.3 Å². The van der Waals surface area contributed by atoms with Crippen molar-refractivity contribution in [2.45, 2.75) is 0 Å². The third-order valence-corrected chi connectivity index (χ3v) is 9.51. The molecule has 0 N–H and O–H groups in total. The number of hydrogen-bond acceptors (Lipinski definition) is 4. The van der Waals surface area contributed by atoms with Gasteiger partial charge in [-0.15, -0.1) is 0 Å². The van der Waals surface area contributed by atoms with E-state index in [1.54, 1.807) is 0 Å². The Morgan fingerprint density at radius 1 is 0.306 bits per heavy atom. The van der Waals surface area contributed by atoms with Gasteiger partial charge in [-0.2, -0.15) is 0 Å². The topological polar surface area (TPSA) is 51.8 Å². The first-order chi connectivity index (χ1) is 24.3. The molecular formula is C45H27N3O. The Hall–Kier alpha value is -6.65. The van der Waals surface area contributed by atoms with Crippen molar-refractivity contribution in [3.05, 3.63) is 164 Å². The molecule has 0 aliphatic heterocycles. The molecule has 0 unspecified atom stereocenters. The van der Waals surface area contributed by atoms with Gasteiger partial charge in [0.1, 0.15) is 11.2 Å². The van der Waals surface area contributed by atoms with E-state index in [0.717, 1.165) is 60.5 Å². The minimum atomic E-state index is 0.649. The Morgan fingerprint density at radius 3 is 1.53 bits per heavy atom. The first-order valence-electron chi connectivity index (χ1n) is 16.4. The van der Waals surface area contributed by atoms with Gasteiger partial charge in [-0.1, -0.05) is 140 Å². The lowest BCUT2D eigenvalue weighted by atomic mass is 9.89. The van der Waals surface area contributed by atoms with E-state index in [1.807, 2.05) is 72.8 Å². The fourth-order valence-electron chi connectivity index (χ4n) is 7.21. The molecular weight excluding hydrogens is 599 g/mol. The molecule has 0 radical (unpaired) electrons. The van der Waals surface area contributed by atoms with Crippen LogP contribution in [0.1, 0.15) is 0 Å². The van der Waals surface area contributed by atoms with Gasteiger partial charge in [-0.3, -0.25) is 0 Å². The zero-order valence-corrected chi connectivity index (χ0v) is 26.3. The van der Waals surface area contributed by atoms with Crippen molar-refractivity contribution in [3.63, 3.8) is 0 Å². The highest BCUT2D eigenvalue weighted by Crippen LogP contribution is 2.42. The van der Waals surface area contributed by atoms with E-state index in [9.17, 15) is 0 Å². The molecule has 0 spiro atoms. The lowest BCUT2D eigenvalue weighted by molar-refractivity contribution is 0.669. The van der Waals surface area contributed by atoms with Gasteiger partial charge in [0.25, 0.3) is 0 Å². The average Bonchev–Trinajstić information content (AvgIpc) is 3.56. The van der Waals surface area contributed by atoms with Crippen molar-refractivity contribution in [3.8, 4) is 45.3 Å². The second-order valence-electron chi connectivity index (χ2n) is 12.4. The predicted molar refractivity (Wildman–Crippen MR) is 201 cm³/mol. The predicted octanol–water partition coefficient (Wildman–Crippen LogP) is 11.9. The molecule has 0 saturated heterocycles. The molecule has 2 heterocycles.